The maximum atomic E-state index is 10.6. The maximum Gasteiger partial charge on any atom is 0.490 e. The average molecular weight is 381 g/mol. The summed E-state index contributed by atoms with van der Waals surface area (Å²) in [5, 5.41) is 9.31. The van der Waals surface area contributed by atoms with Gasteiger partial charge in [0.05, 0.1) is 12.2 Å². The number of alkyl halides is 3. The zero-order valence-electron chi connectivity index (χ0n) is 14.1. The number of halogens is 3. The standard InChI is InChI=1S/C14H21NO2S.C2HF3O2/c1-10-5-8-18-13(10)9-15-6-3-12(16-2)14-11(15)4-7-17-14;3-2(4,5)1(6)7/h5,8,11-12,14H,3-4,6-7,9H2,1-2H3;(H,6,7)/t11-,12+,14-;/m0./s1. The Kier molecular flexibility index (Phi) is 6.84. The van der Waals surface area contributed by atoms with Crippen LogP contribution in [0.15, 0.2) is 11.4 Å². The molecule has 1 aromatic heterocycles. The molecule has 0 amide bonds. The van der Waals surface area contributed by atoms with Gasteiger partial charge < -0.3 is 14.6 Å². The number of methoxy groups -OCH3 is 1. The van der Waals surface area contributed by atoms with E-state index in [4.69, 9.17) is 19.4 Å². The Morgan fingerprint density at radius 2 is 2.16 bits per heavy atom. The van der Waals surface area contributed by atoms with Crippen molar-refractivity contribution in [3.63, 3.8) is 0 Å². The van der Waals surface area contributed by atoms with Crippen LogP contribution in [-0.4, -0.2) is 60.7 Å². The molecule has 1 aromatic rings. The van der Waals surface area contributed by atoms with Crippen LogP contribution in [0.2, 0.25) is 0 Å². The van der Waals surface area contributed by atoms with Crippen LogP contribution in [-0.2, 0) is 20.8 Å². The van der Waals surface area contributed by atoms with Gasteiger partial charge in [0.15, 0.2) is 0 Å². The molecule has 0 radical (unpaired) electrons. The largest absolute Gasteiger partial charge is 0.490 e. The Bertz CT molecular complexity index is 578. The summed E-state index contributed by atoms with van der Waals surface area (Å²) < 4.78 is 43.2. The lowest BCUT2D eigenvalue weighted by atomic mass is 9.95. The highest BCUT2D eigenvalue weighted by molar-refractivity contribution is 7.10. The number of carboxylic acids is 1. The molecule has 2 aliphatic rings. The van der Waals surface area contributed by atoms with Crippen molar-refractivity contribution in [3.8, 4) is 0 Å². The van der Waals surface area contributed by atoms with Gasteiger partial charge in [0.2, 0.25) is 0 Å². The third-order valence-electron chi connectivity index (χ3n) is 4.50. The van der Waals surface area contributed by atoms with Crippen LogP contribution in [0.4, 0.5) is 13.2 Å². The highest BCUT2D eigenvalue weighted by Crippen LogP contribution is 2.32. The molecule has 5 nitrogen and oxygen atoms in total. The van der Waals surface area contributed by atoms with Gasteiger partial charge >= 0.3 is 12.1 Å². The maximum absolute atomic E-state index is 10.6. The van der Waals surface area contributed by atoms with Crippen molar-refractivity contribution in [2.24, 2.45) is 0 Å². The first-order chi connectivity index (χ1) is 11.7. The number of carboxylic acid groups (broad SMARTS) is 1. The van der Waals surface area contributed by atoms with Crippen molar-refractivity contribution in [1.29, 1.82) is 0 Å². The third-order valence-corrected chi connectivity index (χ3v) is 5.51. The molecule has 2 fully saturated rings. The number of thiophene rings is 1. The molecule has 9 heteroatoms. The molecule has 0 saturated carbocycles. The Balaban J connectivity index is 0.000000277. The van der Waals surface area contributed by atoms with Crippen LogP contribution in [0.1, 0.15) is 23.3 Å². The summed E-state index contributed by atoms with van der Waals surface area (Å²) in [6.45, 7) is 5.29. The van der Waals surface area contributed by atoms with E-state index in [1.165, 1.54) is 10.4 Å². The molecule has 0 aromatic carbocycles. The Morgan fingerprint density at radius 1 is 1.48 bits per heavy atom. The summed E-state index contributed by atoms with van der Waals surface area (Å²) in [4.78, 5) is 13.0. The number of likely N-dealkylation sites (tertiary alicyclic amines) is 1. The molecule has 1 N–H and O–H groups in total. The van der Waals surface area contributed by atoms with Crippen LogP contribution in [0.3, 0.4) is 0 Å². The Labute approximate surface area is 148 Å². The Morgan fingerprint density at radius 3 is 2.68 bits per heavy atom. The van der Waals surface area contributed by atoms with Crippen molar-refractivity contribution < 1.29 is 32.5 Å². The minimum Gasteiger partial charge on any atom is -0.475 e. The summed E-state index contributed by atoms with van der Waals surface area (Å²) in [5.41, 5.74) is 1.42. The molecule has 25 heavy (non-hydrogen) atoms. The van der Waals surface area contributed by atoms with Crippen LogP contribution in [0.25, 0.3) is 0 Å². The molecule has 142 valence electrons. The van der Waals surface area contributed by atoms with Gasteiger partial charge in [-0.15, -0.1) is 11.3 Å². The number of ether oxygens (including phenoxy) is 2. The fraction of sp³-hybridized carbons (Fsp3) is 0.688. The summed E-state index contributed by atoms with van der Waals surface area (Å²) >= 11 is 1.87. The van der Waals surface area contributed by atoms with Crippen LogP contribution < -0.4 is 0 Å². The molecule has 3 heterocycles. The molecule has 0 spiro atoms. The number of hydrogen-bond acceptors (Lipinski definition) is 5. The molecule has 0 aliphatic carbocycles. The van der Waals surface area contributed by atoms with Gasteiger partial charge in [0.1, 0.15) is 0 Å². The monoisotopic (exact) mass is 381 g/mol. The van der Waals surface area contributed by atoms with Gasteiger partial charge in [0, 0.05) is 37.7 Å². The predicted octanol–water partition coefficient (Wildman–Crippen LogP) is 3.07. The lowest BCUT2D eigenvalue weighted by molar-refractivity contribution is -0.192. The van der Waals surface area contributed by atoms with Crippen molar-refractivity contribution in [2.75, 3.05) is 20.3 Å². The first kappa shape index (κ1) is 20.2. The fourth-order valence-corrected chi connectivity index (χ4v) is 4.10. The van der Waals surface area contributed by atoms with E-state index in [-0.39, 0.29) is 12.2 Å². The lowest BCUT2D eigenvalue weighted by Crippen LogP contribution is -2.52. The van der Waals surface area contributed by atoms with Gasteiger partial charge in [-0.3, -0.25) is 4.90 Å². The topological polar surface area (TPSA) is 59.0 Å². The lowest BCUT2D eigenvalue weighted by Gasteiger charge is -2.40. The van der Waals surface area contributed by atoms with Crippen molar-refractivity contribution in [2.45, 2.75) is 50.7 Å². The number of aryl methyl sites for hydroxylation is 1. The highest BCUT2D eigenvalue weighted by atomic mass is 32.1. The first-order valence-corrected chi connectivity index (χ1v) is 8.83. The van der Waals surface area contributed by atoms with E-state index in [9.17, 15) is 13.2 Å². The van der Waals surface area contributed by atoms with Gasteiger partial charge in [-0.2, -0.15) is 13.2 Å². The number of fused-ring (bicyclic) bond motifs is 1. The Hall–Kier alpha value is -1.16. The molecular formula is C16H22F3NO4S. The molecule has 2 saturated heterocycles. The van der Waals surface area contributed by atoms with Crippen LogP contribution in [0.5, 0.6) is 0 Å². The van der Waals surface area contributed by atoms with E-state index >= 15 is 0 Å². The minimum absolute atomic E-state index is 0.281. The number of rotatable bonds is 3. The normalized spacial score (nSPS) is 26.7. The third kappa shape index (κ3) is 5.16. The van der Waals surface area contributed by atoms with Crippen LogP contribution >= 0.6 is 11.3 Å². The quantitative estimate of drug-likeness (QED) is 0.872. The smallest absolute Gasteiger partial charge is 0.475 e. The van der Waals surface area contributed by atoms with Gasteiger partial charge in [-0.1, -0.05) is 0 Å². The molecule has 0 bridgehead atoms. The van der Waals surface area contributed by atoms with E-state index in [1.807, 2.05) is 18.4 Å². The minimum atomic E-state index is -5.08. The van der Waals surface area contributed by atoms with Gasteiger partial charge in [0.25, 0.3) is 0 Å². The summed E-state index contributed by atoms with van der Waals surface area (Å²) in [6, 6.07) is 2.76. The molecule has 0 unspecified atom stereocenters. The second kappa shape index (κ2) is 8.48. The molecular weight excluding hydrogens is 359 g/mol. The second-order valence-electron chi connectivity index (χ2n) is 6.05. The SMILES string of the molecule is CO[C@@H]1CCN(Cc2sccc2C)[C@H]2CCO[C@H]12.O=C(O)C(F)(F)F. The summed E-state index contributed by atoms with van der Waals surface area (Å²) in [6.07, 6.45) is -2.28. The van der Waals surface area contributed by atoms with Gasteiger partial charge in [-0.25, -0.2) is 4.79 Å². The number of carbonyl (C=O) groups is 1. The number of nitrogens with zero attached hydrogens (tertiary/aromatic N) is 1. The zero-order chi connectivity index (χ0) is 18.6. The number of piperidine rings is 1. The van der Waals surface area contributed by atoms with Crippen molar-refractivity contribution in [1.82, 2.24) is 4.90 Å². The molecule has 3 rings (SSSR count). The number of hydrogen-bond donors (Lipinski definition) is 1. The highest BCUT2D eigenvalue weighted by Gasteiger charge is 2.42. The van der Waals surface area contributed by atoms with E-state index in [1.54, 1.807) is 0 Å². The van der Waals surface area contributed by atoms with E-state index < -0.39 is 12.1 Å². The molecule has 2 aliphatic heterocycles. The number of aliphatic carboxylic acids is 1. The summed E-state index contributed by atoms with van der Waals surface area (Å²) in [7, 11) is 1.81. The average Bonchev–Trinajstić information content (AvgIpc) is 3.17. The zero-order valence-corrected chi connectivity index (χ0v) is 14.9. The van der Waals surface area contributed by atoms with Gasteiger partial charge in [-0.05, 0) is 36.8 Å². The van der Waals surface area contributed by atoms with Crippen molar-refractivity contribution >= 4 is 17.3 Å². The first-order valence-electron chi connectivity index (χ1n) is 7.95. The van der Waals surface area contributed by atoms with E-state index in [0.29, 0.717) is 6.04 Å². The van der Waals surface area contributed by atoms with E-state index in [0.717, 1.165) is 32.5 Å². The summed E-state index contributed by atoms with van der Waals surface area (Å²) in [5.74, 6) is -2.76. The van der Waals surface area contributed by atoms with Crippen LogP contribution in [0, 0.1) is 6.92 Å². The molecule has 3 atom stereocenters. The fourth-order valence-electron chi connectivity index (χ4n) is 3.17. The second-order valence-corrected chi connectivity index (χ2v) is 7.06. The predicted molar refractivity (Wildman–Crippen MR) is 86.7 cm³/mol. The van der Waals surface area contributed by atoms with E-state index in [2.05, 4.69) is 23.3 Å². The van der Waals surface area contributed by atoms with Crippen molar-refractivity contribution in [3.05, 3.63) is 21.9 Å².